The molecule has 162 valence electrons. The molecule has 0 fully saturated rings. The summed E-state index contributed by atoms with van der Waals surface area (Å²) in [4.78, 5) is 5.07. The largest absolute Gasteiger partial charge is 0.514 e. The lowest BCUT2D eigenvalue weighted by molar-refractivity contribution is 0.334. The van der Waals surface area contributed by atoms with Crippen molar-refractivity contribution in [2.45, 2.75) is 34.2 Å². The number of methoxy groups -OCH3 is 1. The Labute approximate surface area is 179 Å². The summed E-state index contributed by atoms with van der Waals surface area (Å²) in [6.45, 7) is 9.06. The number of aliphatic hydroxyl groups is 1. The number of aliphatic imine (C=N–C) groups is 1. The first-order valence-corrected chi connectivity index (χ1v) is 11.0. The van der Waals surface area contributed by atoms with Crippen LogP contribution in [0.3, 0.4) is 0 Å². The summed E-state index contributed by atoms with van der Waals surface area (Å²) in [7, 11) is 0.0856. The molecule has 1 rings (SSSR count). The molecule has 1 aromatic rings. The topological polar surface area (TPSA) is 113 Å². The van der Waals surface area contributed by atoms with E-state index >= 15 is 0 Å². The fraction of sp³-hybridized carbons (Fsp3) is 0.421. The Morgan fingerprint density at radius 3 is 2.66 bits per heavy atom. The molecule has 1 aromatic heterocycles. The molecule has 8 nitrogen and oxygen atoms in total. The Balaban J connectivity index is 2.81. The van der Waals surface area contributed by atoms with E-state index in [0.29, 0.717) is 35.3 Å². The number of ether oxygens (including phenoxy) is 1. The minimum Gasteiger partial charge on any atom is -0.514 e. The molecule has 0 aromatic carbocycles. The van der Waals surface area contributed by atoms with Gasteiger partial charge in [-0.1, -0.05) is 25.6 Å². The number of hydrogen-bond donors (Lipinski definition) is 3. The van der Waals surface area contributed by atoms with E-state index in [9.17, 15) is 9.32 Å². The van der Waals surface area contributed by atoms with E-state index in [1.807, 2.05) is 39.8 Å². The highest BCUT2D eigenvalue weighted by Gasteiger charge is 2.16. The van der Waals surface area contributed by atoms with Crippen LogP contribution < -0.4 is 11.1 Å². The van der Waals surface area contributed by atoms with Gasteiger partial charge in [-0.25, -0.2) is 8.51 Å². The minimum atomic E-state index is -1.42. The highest BCUT2D eigenvalue weighted by molar-refractivity contribution is 8.18. The van der Waals surface area contributed by atoms with Crippen LogP contribution in [0.2, 0.25) is 0 Å². The maximum absolute atomic E-state index is 12.5. The van der Waals surface area contributed by atoms with Crippen LogP contribution >= 0.6 is 11.8 Å². The number of amidine groups is 1. The average Bonchev–Trinajstić information content (AvgIpc) is 3.13. The van der Waals surface area contributed by atoms with Gasteiger partial charge in [0.1, 0.15) is 50.8 Å². The molecule has 29 heavy (non-hydrogen) atoms. The number of allylic oxidation sites excluding steroid dienone is 1. The fourth-order valence-corrected chi connectivity index (χ4v) is 4.46. The predicted molar refractivity (Wildman–Crippen MR) is 120 cm³/mol. The van der Waals surface area contributed by atoms with Crippen molar-refractivity contribution in [2.24, 2.45) is 10.7 Å². The van der Waals surface area contributed by atoms with E-state index in [4.69, 9.17) is 14.9 Å². The first-order chi connectivity index (χ1) is 13.9. The number of nitrogens with zero attached hydrogens (tertiary/aromatic N) is 2. The van der Waals surface area contributed by atoms with Gasteiger partial charge in [0.15, 0.2) is 0 Å². The Bertz CT molecular complexity index is 796. The van der Waals surface area contributed by atoms with E-state index in [2.05, 4.69) is 10.3 Å². The molecular formula is C19H30N4O4S2. The number of aliphatic hydroxyl groups excluding tert-OH is 1. The molecular weight excluding hydrogens is 412 g/mol. The molecule has 4 N–H and O–H groups in total. The second-order valence-corrected chi connectivity index (χ2v) is 8.79. The molecule has 0 bridgehead atoms. The molecule has 0 aliphatic heterocycles. The van der Waals surface area contributed by atoms with Crippen molar-refractivity contribution < 1.29 is 18.5 Å². The third-order valence-corrected chi connectivity index (χ3v) is 6.48. The lowest BCUT2D eigenvalue weighted by Gasteiger charge is -2.18. The minimum absolute atomic E-state index is 0.250. The highest BCUT2D eigenvalue weighted by atomic mass is 32.2. The van der Waals surface area contributed by atoms with Crippen LogP contribution in [0.5, 0.6) is 0 Å². The molecule has 1 unspecified atom stereocenters. The molecule has 1 atom stereocenters. The maximum atomic E-state index is 12.5. The first kappa shape index (κ1) is 24.9. The second kappa shape index (κ2) is 13.1. The standard InChI is InChI=1S/C19H30N4O4S2/c1-6-23(7-2)29(25)18(12-24)28-15(4)10-21-17(13-26-5)19(20)22-11-16-9-8-14(3)27-16/h8-10,12-13,21,24H,6-7,11H2,1-5H3,(H2,20,22)/b15-10+,17-13+,18-12-. The molecule has 0 saturated heterocycles. The smallest absolute Gasteiger partial charge is 0.146 e. The summed E-state index contributed by atoms with van der Waals surface area (Å²) in [5, 5.41) is 12.5. The predicted octanol–water partition coefficient (Wildman–Crippen LogP) is 3.48. The van der Waals surface area contributed by atoms with E-state index in [1.54, 1.807) is 10.5 Å². The van der Waals surface area contributed by atoms with Crippen LogP contribution in [0.1, 0.15) is 32.3 Å². The van der Waals surface area contributed by atoms with Crippen LogP contribution in [-0.2, 0) is 22.3 Å². The van der Waals surface area contributed by atoms with Crippen molar-refractivity contribution in [1.29, 1.82) is 0 Å². The summed E-state index contributed by atoms with van der Waals surface area (Å²) in [5.41, 5.74) is 6.52. The maximum Gasteiger partial charge on any atom is 0.146 e. The zero-order chi connectivity index (χ0) is 21.8. The molecule has 1 heterocycles. The fourth-order valence-electron chi connectivity index (χ4n) is 2.16. The summed E-state index contributed by atoms with van der Waals surface area (Å²) in [6.07, 6.45) is 4.00. The Kier molecular flexibility index (Phi) is 11.3. The van der Waals surface area contributed by atoms with Crippen LogP contribution in [-0.4, -0.2) is 39.7 Å². The van der Waals surface area contributed by atoms with Crippen LogP contribution in [0, 0.1) is 6.92 Å². The van der Waals surface area contributed by atoms with Gasteiger partial charge in [0.2, 0.25) is 0 Å². The van der Waals surface area contributed by atoms with Crippen molar-refractivity contribution >= 4 is 28.6 Å². The van der Waals surface area contributed by atoms with Crippen molar-refractivity contribution in [3.8, 4) is 0 Å². The van der Waals surface area contributed by atoms with Gasteiger partial charge in [0.25, 0.3) is 0 Å². The van der Waals surface area contributed by atoms with Gasteiger partial charge in [0.05, 0.1) is 13.7 Å². The summed E-state index contributed by atoms with van der Waals surface area (Å²) in [5.74, 6) is 1.77. The second-order valence-electron chi connectivity index (χ2n) is 5.79. The number of rotatable bonds is 12. The van der Waals surface area contributed by atoms with Gasteiger partial charge < -0.3 is 25.3 Å². The normalized spacial score (nSPS) is 15.0. The third kappa shape index (κ3) is 8.38. The number of aryl methyl sites for hydroxylation is 1. The van der Waals surface area contributed by atoms with Crippen molar-refractivity contribution in [3.63, 3.8) is 0 Å². The van der Waals surface area contributed by atoms with Gasteiger partial charge in [0, 0.05) is 24.2 Å². The number of thioether (sulfide) groups is 1. The van der Waals surface area contributed by atoms with Gasteiger partial charge in [-0.3, -0.25) is 4.99 Å². The van der Waals surface area contributed by atoms with Gasteiger partial charge >= 0.3 is 0 Å². The van der Waals surface area contributed by atoms with E-state index in [1.165, 1.54) is 25.1 Å². The molecule has 0 saturated carbocycles. The monoisotopic (exact) mass is 442 g/mol. The first-order valence-electron chi connectivity index (χ1n) is 9.07. The van der Waals surface area contributed by atoms with Gasteiger partial charge in [-0.05, 0) is 26.0 Å². The molecule has 0 aliphatic rings. The molecule has 0 radical (unpaired) electrons. The van der Waals surface area contributed by atoms with Crippen molar-refractivity contribution in [2.75, 3.05) is 20.2 Å². The van der Waals surface area contributed by atoms with E-state index in [0.717, 1.165) is 16.9 Å². The zero-order valence-electron chi connectivity index (χ0n) is 17.5. The third-order valence-electron chi connectivity index (χ3n) is 3.62. The summed E-state index contributed by atoms with van der Waals surface area (Å²) < 4.78 is 25.1. The number of nitrogens with one attached hydrogen (secondary N) is 1. The van der Waals surface area contributed by atoms with Crippen molar-refractivity contribution in [1.82, 2.24) is 9.62 Å². The lowest BCUT2D eigenvalue weighted by Crippen LogP contribution is -2.26. The van der Waals surface area contributed by atoms with E-state index in [-0.39, 0.29) is 5.84 Å². The SMILES string of the molecule is CCN(CC)S(=O)/C(=C\O)S/C(C)=C/N/C(=C/OC)C(N)=NCc1ccc(C)o1. The summed E-state index contributed by atoms with van der Waals surface area (Å²) >= 11 is 1.20. The molecule has 0 amide bonds. The van der Waals surface area contributed by atoms with Gasteiger partial charge in [-0.15, -0.1) is 0 Å². The number of furan rings is 1. The quantitative estimate of drug-likeness (QED) is 0.258. The zero-order valence-corrected chi connectivity index (χ0v) is 19.1. The van der Waals surface area contributed by atoms with Crippen LogP contribution in [0.15, 0.2) is 55.1 Å². The number of nitrogens with two attached hydrogens (primary N) is 1. The van der Waals surface area contributed by atoms with Gasteiger partial charge in [-0.2, -0.15) is 0 Å². The number of hydrogen-bond acceptors (Lipinski definition) is 7. The average molecular weight is 443 g/mol. The van der Waals surface area contributed by atoms with Crippen molar-refractivity contribution in [3.05, 3.63) is 57.2 Å². The highest BCUT2D eigenvalue weighted by Crippen LogP contribution is 2.28. The summed E-state index contributed by atoms with van der Waals surface area (Å²) in [6, 6.07) is 3.71. The Hall–Kier alpha value is -2.17. The lowest BCUT2D eigenvalue weighted by atomic mass is 10.4. The molecule has 0 aliphatic carbocycles. The Morgan fingerprint density at radius 2 is 2.14 bits per heavy atom. The molecule has 0 spiro atoms. The van der Waals surface area contributed by atoms with Crippen LogP contribution in [0.25, 0.3) is 0 Å². The molecule has 10 heteroatoms. The van der Waals surface area contributed by atoms with Crippen LogP contribution in [0.4, 0.5) is 0 Å². The van der Waals surface area contributed by atoms with E-state index < -0.39 is 11.0 Å². The Morgan fingerprint density at radius 1 is 1.45 bits per heavy atom.